The summed E-state index contributed by atoms with van der Waals surface area (Å²) in [5, 5.41) is 8.81. The van der Waals surface area contributed by atoms with Crippen molar-refractivity contribution in [2.75, 3.05) is 18.9 Å². The van der Waals surface area contributed by atoms with E-state index in [9.17, 15) is 4.79 Å². The number of nitrogen functional groups attached to an aromatic ring is 1. The molecule has 1 aliphatic rings. The molecule has 1 heterocycles. The first-order chi connectivity index (χ1) is 8.16. The number of aromatic carboxylic acids is 1. The van der Waals surface area contributed by atoms with Gasteiger partial charge in [-0.1, -0.05) is 0 Å². The number of carboxylic acids is 1. The number of anilines is 1. The average molecular weight is 237 g/mol. The number of hydrogen-bond acceptors (Lipinski definition) is 4. The monoisotopic (exact) mass is 237 g/mol. The Labute approximate surface area is 99.1 Å². The number of benzene rings is 1. The van der Waals surface area contributed by atoms with Gasteiger partial charge in [0.25, 0.3) is 0 Å². The zero-order chi connectivity index (χ0) is 12.3. The first-order valence-electron chi connectivity index (χ1n) is 5.54. The molecule has 0 unspecified atom stereocenters. The molecule has 0 aliphatic carbocycles. The molecule has 0 bridgehead atoms. The molecule has 1 aromatic carbocycles. The highest BCUT2D eigenvalue weighted by Crippen LogP contribution is 2.25. The summed E-state index contributed by atoms with van der Waals surface area (Å²) in [7, 11) is 0. The summed E-state index contributed by atoms with van der Waals surface area (Å²) in [6, 6.07) is 4.51. The highest BCUT2D eigenvalue weighted by Gasteiger charge is 2.16. The zero-order valence-corrected chi connectivity index (χ0v) is 9.39. The van der Waals surface area contributed by atoms with Crippen molar-refractivity contribution in [1.82, 2.24) is 0 Å². The number of carbonyl (C=O) groups is 1. The minimum absolute atomic E-state index is 0.0988. The van der Waals surface area contributed by atoms with E-state index < -0.39 is 5.97 Å². The molecule has 92 valence electrons. The van der Waals surface area contributed by atoms with Crippen molar-refractivity contribution in [1.29, 1.82) is 0 Å². The van der Waals surface area contributed by atoms with E-state index in [2.05, 4.69) is 0 Å². The van der Waals surface area contributed by atoms with E-state index >= 15 is 0 Å². The standard InChI is InChI=1S/C12H15NO4/c13-10-7-8(12(14)15)1-2-11(10)17-9-3-5-16-6-4-9/h1-2,7,9H,3-6,13H2,(H,14,15). The average Bonchev–Trinajstić information content (AvgIpc) is 2.33. The van der Waals surface area contributed by atoms with Gasteiger partial charge in [-0.15, -0.1) is 0 Å². The van der Waals surface area contributed by atoms with Gasteiger partial charge >= 0.3 is 5.97 Å². The van der Waals surface area contributed by atoms with Gasteiger partial charge < -0.3 is 20.3 Å². The lowest BCUT2D eigenvalue weighted by Crippen LogP contribution is -2.26. The molecular weight excluding hydrogens is 222 g/mol. The third-order valence-electron chi connectivity index (χ3n) is 2.72. The molecule has 1 aromatic rings. The van der Waals surface area contributed by atoms with Crippen LogP contribution in [0.1, 0.15) is 23.2 Å². The molecule has 1 fully saturated rings. The van der Waals surface area contributed by atoms with Crippen LogP contribution in [0.25, 0.3) is 0 Å². The van der Waals surface area contributed by atoms with Crippen LogP contribution < -0.4 is 10.5 Å². The highest BCUT2D eigenvalue weighted by molar-refractivity contribution is 5.89. The summed E-state index contributed by atoms with van der Waals surface area (Å²) in [6.07, 6.45) is 1.77. The molecule has 5 nitrogen and oxygen atoms in total. The lowest BCUT2D eigenvalue weighted by Gasteiger charge is -2.24. The third kappa shape index (κ3) is 2.88. The van der Waals surface area contributed by atoms with Gasteiger partial charge in [-0.2, -0.15) is 0 Å². The molecule has 3 N–H and O–H groups in total. The Kier molecular flexibility index (Phi) is 3.49. The molecular formula is C12H15NO4. The summed E-state index contributed by atoms with van der Waals surface area (Å²) in [5.41, 5.74) is 6.28. The molecule has 1 aliphatic heterocycles. The van der Waals surface area contributed by atoms with Crippen molar-refractivity contribution in [3.63, 3.8) is 0 Å². The second kappa shape index (κ2) is 5.05. The van der Waals surface area contributed by atoms with Crippen LogP contribution in [-0.4, -0.2) is 30.4 Å². The summed E-state index contributed by atoms with van der Waals surface area (Å²) in [5.74, 6) is -0.448. The van der Waals surface area contributed by atoms with Gasteiger partial charge in [-0.3, -0.25) is 0 Å². The fourth-order valence-electron chi connectivity index (χ4n) is 1.76. The van der Waals surface area contributed by atoms with Crippen LogP contribution in [0, 0.1) is 0 Å². The predicted octanol–water partition coefficient (Wildman–Crippen LogP) is 1.52. The fourth-order valence-corrected chi connectivity index (χ4v) is 1.76. The number of carboxylic acid groups (broad SMARTS) is 1. The lowest BCUT2D eigenvalue weighted by molar-refractivity contribution is 0.0258. The maximum Gasteiger partial charge on any atom is 0.335 e. The quantitative estimate of drug-likeness (QED) is 0.779. The van der Waals surface area contributed by atoms with E-state index in [1.165, 1.54) is 12.1 Å². The highest BCUT2D eigenvalue weighted by atomic mass is 16.5. The SMILES string of the molecule is Nc1cc(C(=O)O)ccc1OC1CCOCC1. The molecule has 0 radical (unpaired) electrons. The minimum Gasteiger partial charge on any atom is -0.488 e. The second-order valence-electron chi connectivity index (χ2n) is 3.99. The molecule has 0 spiro atoms. The topological polar surface area (TPSA) is 81.8 Å². The Morgan fingerprint density at radius 3 is 2.71 bits per heavy atom. The molecule has 0 amide bonds. The normalized spacial score (nSPS) is 16.7. The maximum atomic E-state index is 10.7. The summed E-state index contributed by atoms with van der Waals surface area (Å²) >= 11 is 0. The van der Waals surface area contributed by atoms with Gasteiger partial charge in [-0.05, 0) is 18.2 Å². The van der Waals surface area contributed by atoms with Gasteiger partial charge in [-0.25, -0.2) is 4.79 Å². The number of hydrogen-bond donors (Lipinski definition) is 2. The van der Waals surface area contributed by atoms with Crippen LogP contribution in [0.2, 0.25) is 0 Å². The van der Waals surface area contributed by atoms with Crippen molar-refractivity contribution < 1.29 is 19.4 Å². The first-order valence-corrected chi connectivity index (χ1v) is 5.54. The smallest absolute Gasteiger partial charge is 0.335 e. The van der Waals surface area contributed by atoms with Crippen LogP contribution in [-0.2, 0) is 4.74 Å². The maximum absolute atomic E-state index is 10.7. The minimum atomic E-state index is -0.991. The lowest BCUT2D eigenvalue weighted by atomic mass is 10.1. The zero-order valence-electron chi connectivity index (χ0n) is 9.39. The number of nitrogens with two attached hydrogens (primary N) is 1. The van der Waals surface area contributed by atoms with E-state index in [1.54, 1.807) is 6.07 Å². The molecule has 0 aromatic heterocycles. The van der Waals surface area contributed by atoms with Crippen LogP contribution in [0.4, 0.5) is 5.69 Å². The van der Waals surface area contributed by atoms with E-state index in [0.29, 0.717) is 24.7 Å². The summed E-state index contributed by atoms with van der Waals surface area (Å²) < 4.78 is 11.0. The second-order valence-corrected chi connectivity index (χ2v) is 3.99. The van der Waals surface area contributed by atoms with Crippen molar-refractivity contribution in [2.45, 2.75) is 18.9 Å². The van der Waals surface area contributed by atoms with Gasteiger partial charge in [0, 0.05) is 12.8 Å². The van der Waals surface area contributed by atoms with Gasteiger partial charge in [0.05, 0.1) is 24.5 Å². The first kappa shape index (κ1) is 11.7. The Bertz CT molecular complexity index is 413. The van der Waals surface area contributed by atoms with E-state index in [-0.39, 0.29) is 11.7 Å². The molecule has 2 rings (SSSR count). The van der Waals surface area contributed by atoms with Crippen molar-refractivity contribution >= 4 is 11.7 Å². The van der Waals surface area contributed by atoms with Crippen molar-refractivity contribution in [2.24, 2.45) is 0 Å². The van der Waals surface area contributed by atoms with E-state index in [4.69, 9.17) is 20.3 Å². The van der Waals surface area contributed by atoms with E-state index in [1.807, 2.05) is 0 Å². The molecule has 0 saturated carbocycles. The Balaban J connectivity index is 2.08. The van der Waals surface area contributed by atoms with Gasteiger partial charge in [0.1, 0.15) is 11.9 Å². The number of rotatable bonds is 3. The Morgan fingerprint density at radius 2 is 2.12 bits per heavy atom. The van der Waals surface area contributed by atoms with Crippen molar-refractivity contribution in [3.8, 4) is 5.75 Å². The van der Waals surface area contributed by atoms with Crippen LogP contribution in [0.5, 0.6) is 5.75 Å². The molecule has 0 atom stereocenters. The van der Waals surface area contributed by atoms with Crippen LogP contribution >= 0.6 is 0 Å². The molecule has 5 heteroatoms. The largest absolute Gasteiger partial charge is 0.488 e. The van der Waals surface area contributed by atoms with Gasteiger partial charge in [0.2, 0.25) is 0 Å². The van der Waals surface area contributed by atoms with E-state index in [0.717, 1.165) is 12.8 Å². The summed E-state index contributed by atoms with van der Waals surface area (Å²) in [6.45, 7) is 1.38. The van der Waals surface area contributed by atoms with Gasteiger partial charge in [0.15, 0.2) is 0 Å². The Morgan fingerprint density at radius 1 is 1.41 bits per heavy atom. The number of ether oxygens (including phenoxy) is 2. The third-order valence-corrected chi connectivity index (χ3v) is 2.72. The molecule has 17 heavy (non-hydrogen) atoms. The predicted molar refractivity (Wildman–Crippen MR) is 62.3 cm³/mol. The van der Waals surface area contributed by atoms with Crippen LogP contribution in [0.3, 0.4) is 0 Å². The fraction of sp³-hybridized carbons (Fsp3) is 0.417. The van der Waals surface area contributed by atoms with Crippen LogP contribution in [0.15, 0.2) is 18.2 Å². The Hall–Kier alpha value is -1.75. The molecule has 1 saturated heterocycles. The van der Waals surface area contributed by atoms with Crippen molar-refractivity contribution in [3.05, 3.63) is 23.8 Å². The summed E-state index contributed by atoms with van der Waals surface area (Å²) in [4.78, 5) is 10.7.